The van der Waals surface area contributed by atoms with Gasteiger partial charge in [0, 0.05) is 30.6 Å². The molecule has 0 saturated carbocycles. The van der Waals surface area contributed by atoms with Crippen molar-refractivity contribution in [2.45, 2.75) is 52.6 Å². The molecule has 0 aliphatic rings. The van der Waals surface area contributed by atoms with Crippen molar-refractivity contribution >= 4 is 17.2 Å². The fourth-order valence-corrected chi connectivity index (χ4v) is 3.28. The van der Waals surface area contributed by atoms with Crippen LogP contribution in [-0.2, 0) is 16.8 Å². The highest BCUT2D eigenvalue weighted by Crippen LogP contribution is 2.26. The van der Waals surface area contributed by atoms with Gasteiger partial charge in [-0.3, -0.25) is 4.79 Å². The molecule has 0 fully saturated rings. The second-order valence-electron chi connectivity index (χ2n) is 7.16. The van der Waals surface area contributed by atoms with Crippen LogP contribution in [0.15, 0.2) is 17.9 Å². The summed E-state index contributed by atoms with van der Waals surface area (Å²) in [7, 11) is 0. The van der Waals surface area contributed by atoms with Crippen molar-refractivity contribution < 1.29 is 4.79 Å². The SMILES string of the molecule is CC(=O)NC(Cc1cnc[nH]1)c1nc(-c2csc(C)n2)nn1C(C)(C)C. The minimum absolute atomic E-state index is 0.121. The number of hydrogen-bond donors (Lipinski definition) is 2. The topological polar surface area (TPSA) is 101 Å². The summed E-state index contributed by atoms with van der Waals surface area (Å²) in [5.41, 5.74) is 1.37. The van der Waals surface area contributed by atoms with E-state index in [-0.39, 0.29) is 17.5 Å². The van der Waals surface area contributed by atoms with Gasteiger partial charge in [0.25, 0.3) is 0 Å². The predicted octanol–water partition coefficient (Wildman–Crippen LogP) is 2.61. The Morgan fingerprint density at radius 3 is 2.69 bits per heavy atom. The monoisotopic (exact) mass is 373 g/mol. The van der Waals surface area contributed by atoms with Gasteiger partial charge in [-0.1, -0.05) is 0 Å². The highest BCUT2D eigenvalue weighted by molar-refractivity contribution is 7.09. The molecule has 0 bridgehead atoms. The second kappa shape index (κ2) is 6.99. The molecule has 138 valence electrons. The van der Waals surface area contributed by atoms with Gasteiger partial charge in [0.1, 0.15) is 5.69 Å². The predicted molar refractivity (Wildman–Crippen MR) is 99.7 cm³/mol. The van der Waals surface area contributed by atoms with Gasteiger partial charge in [0.05, 0.1) is 22.9 Å². The van der Waals surface area contributed by atoms with Gasteiger partial charge < -0.3 is 10.3 Å². The lowest BCUT2D eigenvalue weighted by atomic mass is 10.1. The lowest BCUT2D eigenvalue weighted by Gasteiger charge is -2.25. The van der Waals surface area contributed by atoms with Gasteiger partial charge in [0.2, 0.25) is 11.7 Å². The number of carbonyl (C=O) groups is 1. The summed E-state index contributed by atoms with van der Waals surface area (Å²) in [5.74, 6) is 1.14. The van der Waals surface area contributed by atoms with Gasteiger partial charge in [0.15, 0.2) is 5.82 Å². The minimum atomic E-state index is -0.326. The fraction of sp³-hybridized carbons (Fsp3) is 0.471. The Hall–Kier alpha value is -2.55. The number of aromatic nitrogens is 6. The number of carbonyl (C=O) groups excluding carboxylic acids is 1. The van der Waals surface area contributed by atoms with Crippen LogP contribution < -0.4 is 5.32 Å². The quantitative estimate of drug-likeness (QED) is 0.716. The summed E-state index contributed by atoms with van der Waals surface area (Å²) in [6, 6.07) is -0.326. The first-order valence-corrected chi connectivity index (χ1v) is 9.26. The summed E-state index contributed by atoms with van der Waals surface area (Å²) in [6.45, 7) is 9.63. The first-order chi connectivity index (χ1) is 12.2. The van der Waals surface area contributed by atoms with E-state index in [9.17, 15) is 4.79 Å². The standard InChI is InChI=1S/C17H23N7OS/c1-10(25)20-13(6-12-7-18-9-19-12)16-22-15(14-8-26-11(2)21-14)23-24(16)17(3,4)5/h7-9,13H,6H2,1-5H3,(H,18,19)(H,20,25). The van der Waals surface area contributed by atoms with E-state index < -0.39 is 0 Å². The molecule has 3 aromatic rings. The molecule has 2 N–H and O–H groups in total. The van der Waals surface area contributed by atoms with E-state index >= 15 is 0 Å². The molecule has 1 unspecified atom stereocenters. The molecule has 0 aromatic carbocycles. The smallest absolute Gasteiger partial charge is 0.217 e. The zero-order chi connectivity index (χ0) is 18.9. The molecule has 26 heavy (non-hydrogen) atoms. The molecule has 1 amide bonds. The molecule has 1 atom stereocenters. The van der Waals surface area contributed by atoms with Crippen molar-refractivity contribution in [2.24, 2.45) is 0 Å². The van der Waals surface area contributed by atoms with Crippen LogP contribution in [0.2, 0.25) is 0 Å². The number of nitrogens with zero attached hydrogens (tertiary/aromatic N) is 5. The normalized spacial score (nSPS) is 13.0. The van der Waals surface area contributed by atoms with Gasteiger partial charge in [-0.25, -0.2) is 19.6 Å². The zero-order valence-corrected chi connectivity index (χ0v) is 16.4. The third-order valence-electron chi connectivity index (χ3n) is 3.78. The Balaban J connectivity index is 2.06. The van der Waals surface area contributed by atoms with Gasteiger partial charge in [-0.2, -0.15) is 0 Å². The molecule has 0 saturated heterocycles. The molecule has 9 heteroatoms. The summed E-state index contributed by atoms with van der Waals surface area (Å²) < 4.78 is 1.87. The number of aryl methyl sites for hydroxylation is 1. The number of thiazole rings is 1. The molecule has 0 radical (unpaired) electrons. The minimum Gasteiger partial charge on any atom is -0.348 e. The number of aromatic amines is 1. The number of hydrogen-bond acceptors (Lipinski definition) is 6. The average molecular weight is 373 g/mol. The van der Waals surface area contributed by atoms with Crippen LogP contribution in [0, 0.1) is 6.92 Å². The Kier molecular flexibility index (Phi) is 4.90. The molecule has 3 heterocycles. The van der Waals surface area contributed by atoms with E-state index in [0.29, 0.717) is 18.1 Å². The van der Waals surface area contributed by atoms with Crippen molar-refractivity contribution in [3.05, 3.63) is 34.4 Å². The number of rotatable bonds is 5. The lowest BCUT2D eigenvalue weighted by molar-refractivity contribution is -0.119. The molecule has 0 aliphatic carbocycles. The summed E-state index contributed by atoms with van der Waals surface area (Å²) in [6.07, 6.45) is 3.92. The number of H-pyrrole nitrogens is 1. The molecular formula is C17H23N7OS. The van der Waals surface area contributed by atoms with Crippen LogP contribution in [0.5, 0.6) is 0 Å². The Morgan fingerprint density at radius 1 is 1.38 bits per heavy atom. The number of imidazole rings is 1. The third kappa shape index (κ3) is 3.98. The van der Waals surface area contributed by atoms with E-state index in [1.165, 1.54) is 6.92 Å². The molecule has 3 rings (SSSR count). The molecule has 3 aromatic heterocycles. The Bertz CT molecular complexity index is 889. The van der Waals surface area contributed by atoms with E-state index in [1.54, 1.807) is 23.9 Å². The summed E-state index contributed by atoms with van der Waals surface area (Å²) in [5, 5.41) is 10.6. The van der Waals surface area contributed by atoms with Crippen LogP contribution in [-0.4, -0.2) is 35.6 Å². The van der Waals surface area contributed by atoms with Crippen LogP contribution in [0.4, 0.5) is 0 Å². The van der Waals surface area contributed by atoms with Crippen LogP contribution >= 0.6 is 11.3 Å². The maximum atomic E-state index is 11.8. The van der Waals surface area contributed by atoms with Gasteiger partial charge in [-0.15, -0.1) is 16.4 Å². The lowest BCUT2D eigenvalue weighted by Crippen LogP contribution is -2.34. The molecule has 8 nitrogen and oxygen atoms in total. The van der Waals surface area contributed by atoms with E-state index in [2.05, 4.69) is 41.0 Å². The van der Waals surface area contributed by atoms with Crippen molar-refractivity contribution in [2.75, 3.05) is 0 Å². The first kappa shape index (κ1) is 18.2. The van der Waals surface area contributed by atoms with Crippen molar-refractivity contribution in [3.8, 4) is 11.5 Å². The van der Waals surface area contributed by atoms with Gasteiger partial charge >= 0.3 is 0 Å². The fourth-order valence-electron chi connectivity index (χ4n) is 2.69. The summed E-state index contributed by atoms with van der Waals surface area (Å²) >= 11 is 1.56. The highest BCUT2D eigenvalue weighted by Gasteiger charge is 2.28. The average Bonchev–Trinajstić information content (AvgIpc) is 3.23. The van der Waals surface area contributed by atoms with Crippen molar-refractivity contribution in [1.29, 1.82) is 0 Å². The molecular weight excluding hydrogens is 350 g/mol. The van der Waals surface area contributed by atoms with Crippen LogP contribution in [0.1, 0.15) is 50.3 Å². The Morgan fingerprint density at radius 2 is 2.15 bits per heavy atom. The first-order valence-electron chi connectivity index (χ1n) is 8.38. The summed E-state index contributed by atoms with van der Waals surface area (Å²) in [4.78, 5) is 28.2. The number of nitrogens with one attached hydrogen (secondary N) is 2. The van der Waals surface area contributed by atoms with Crippen molar-refractivity contribution in [1.82, 2.24) is 35.0 Å². The van der Waals surface area contributed by atoms with Crippen molar-refractivity contribution in [3.63, 3.8) is 0 Å². The van der Waals surface area contributed by atoms with Gasteiger partial charge in [-0.05, 0) is 27.7 Å². The Labute approximate surface area is 156 Å². The van der Waals surface area contributed by atoms with E-state index in [0.717, 1.165) is 16.4 Å². The molecule has 0 spiro atoms. The van der Waals surface area contributed by atoms with Crippen LogP contribution in [0.3, 0.4) is 0 Å². The third-order valence-corrected chi connectivity index (χ3v) is 4.56. The molecule has 0 aliphatic heterocycles. The van der Waals surface area contributed by atoms with E-state index in [4.69, 9.17) is 10.1 Å². The van der Waals surface area contributed by atoms with Crippen LogP contribution in [0.25, 0.3) is 11.5 Å². The van der Waals surface area contributed by atoms with E-state index in [1.807, 2.05) is 17.0 Å². The largest absolute Gasteiger partial charge is 0.348 e. The highest BCUT2D eigenvalue weighted by atomic mass is 32.1. The maximum Gasteiger partial charge on any atom is 0.217 e. The second-order valence-corrected chi connectivity index (χ2v) is 8.22. The maximum absolute atomic E-state index is 11.8. The zero-order valence-electron chi connectivity index (χ0n) is 15.6. The number of amides is 1.